The van der Waals surface area contributed by atoms with Gasteiger partial charge in [-0.25, -0.2) is 0 Å². The van der Waals surface area contributed by atoms with E-state index in [1.54, 1.807) is 24.3 Å². The molecule has 0 unspecified atom stereocenters. The number of hydrogen-bond donors (Lipinski definition) is 0. The number of alkyl halides is 3. The number of hydrogen-bond acceptors (Lipinski definition) is 3. The maximum Gasteiger partial charge on any atom is 0.417 e. The number of likely N-dealkylation sites (tertiary alicyclic amines) is 1. The first-order valence-electron chi connectivity index (χ1n) is 8.35. The van der Waals surface area contributed by atoms with Crippen molar-refractivity contribution in [2.24, 2.45) is 0 Å². The fourth-order valence-electron chi connectivity index (χ4n) is 3.07. The monoisotopic (exact) mass is 363 g/mol. The minimum Gasteiger partial charge on any atom is -0.337 e. The Morgan fingerprint density at radius 2 is 2.00 bits per heavy atom. The summed E-state index contributed by atoms with van der Waals surface area (Å²) >= 11 is 0. The van der Waals surface area contributed by atoms with Gasteiger partial charge in [-0.1, -0.05) is 12.1 Å². The first kappa shape index (κ1) is 18.4. The molecule has 1 atom stereocenters. The molecule has 1 saturated heterocycles. The smallest absolute Gasteiger partial charge is 0.337 e. The Kier molecular flexibility index (Phi) is 5.00. The molecule has 1 aromatic carbocycles. The lowest BCUT2D eigenvalue weighted by atomic mass is 10.1. The maximum atomic E-state index is 12.7. The Hall–Kier alpha value is -2.41. The van der Waals surface area contributed by atoms with Crippen LogP contribution in [0.25, 0.3) is 11.3 Å². The Morgan fingerprint density at radius 3 is 2.58 bits per heavy atom. The van der Waals surface area contributed by atoms with Gasteiger partial charge in [-0.15, -0.1) is 0 Å². The third-order valence-electron chi connectivity index (χ3n) is 4.68. The number of halogens is 3. The van der Waals surface area contributed by atoms with Gasteiger partial charge in [-0.05, 0) is 44.8 Å². The van der Waals surface area contributed by atoms with E-state index in [4.69, 9.17) is 0 Å². The van der Waals surface area contributed by atoms with Crippen LogP contribution in [-0.2, 0) is 6.18 Å². The Morgan fingerprint density at radius 1 is 1.23 bits per heavy atom. The van der Waals surface area contributed by atoms with Gasteiger partial charge in [0.15, 0.2) is 0 Å². The highest BCUT2D eigenvalue weighted by molar-refractivity contribution is 5.95. The van der Waals surface area contributed by atoms with Gasteiger partial charge in [0, 0.05) is 36.5 Å². The van der Waals surface area contributed by atoms with E-state index in [0.29, 0.717) is 36.0 Å². The average Bonchev–Trinajstić information content (AvgIpc) is 3.11. The molecule has 1 aromatic heterocycles. The van der Waals surface area contributed by atoms with Crippen molar-refractivity contribution in [3.8, 4) is 11.3 Å². The van der Waals surface area contributed by atoms with E-state index in [1.165, 1.54) is 6.07 Å². The molecule has 0 bridgehead atoms. The summed E-state index contributed by atoms with van der Waals surface area (Å²) in [5.74, 6) is -0.0666. The van der Waals surface area contributed by atoms with E-state index in [0.717, 1.165) is 18.7 Å². The van der Waals surface area contributed by atoms with E-state index >= 15 is 0 Å². The van der Waals surface area contributed by atoms with Crippen LogP contribution in [-0.4, -0.2) is 53.9 Å². The van der Waals surface area contributed by atoms with E-state index in [9.17, 15) is 18.0 Å². The summed E-state index contributed by atoms with van der Waals surface area (Å²) in [6.07, 6.45) is -2.67. The van der Waals surface area contributed by atoms with Gasteiger partial charge in [0.1, 0.15) is 0 Å². The Labute approximate surface area is 150 Å². The van der Waals surface area contributed by atoms with Crippen molar-refractivity contribution in [1.29, 1.82) is 0 Å². The quantitative estimate of drug-likeness (QED) is 0.837. The topological polar surface area (TPSA) is 36.4 Å². The van der Waals surface area contributed by atoms with Crippen molar-refractivity contribution in [1.82, 2.24) is 14.8 Å². The molecule has 1 aliphatic heterocycles. The molecular formula is C19H20F3N3O. The highest BCUT2D eigenvalue weighted by Crippen LogP contribution is 2.30. The normalized spacial score (nSPS) is 17.8. The van der Waals surface area contributed by atoms with E-state index in [-0.39, 0.29) is 5.91 Å². The first-order valence-corrected chi connectivity index (χ1v) is 8.35. The number of likely N-dealkylation sites (N-methyl/N-ethyl adjacent to an activating group) is 1. The predicted octanol–water partition coefficient (Wildman–Crippen LogP) is 3.54. The molecule has 26 heavy (non-hydrogen) atoms. The molecule has 4 nitrogen and oxygen atoms in total. The summed E-state index contributed by atoms with van der Waals surface area (Å²) < 4.78 is 38.0. The van der Waals surface area contributed by atoms with Crippen LogP contribution in [0.3, 0.4) is 0 Å². The van der Waals surface area contributed by atoms with Gasteiger partial charge in [0.2, 0.25) is 0 Å². The summed E-state index contributed by atoms with van der Waals surface area (Å²) in [5.41, 5.74) is 0.747. The van der Waals surface area contributed by atoms with E-state index in [2.05, 4.69) is 9.88 Å². The van der Waals surface area contributed by atoms with Gasteiger partial charge in [-0.2, -0.15) is 13.2 Å². The van der Waals surface area contributed by atoms with Crippen LogP contribution in [0.5, 0.6) is 0 Å². The summed E-state index contributed by atoms with van der Waals surface area (Å²) in [5, 5.41) is 0. The second-order valence-electron chi connectivity index (χ2n) is 6.67. The van der Waals surface area contributed by atoms with Crippen molar-refractivity contribution in [3.05, 3.63) is 53.7 Å². The second kappa shape index (κ2) is 7.07. The predicted molar refractivity (Wildman–Crippen MR) is 92.7 cm³/mol. The molecule has 2 aromatic rings. The van der Waals surface area contributed by atoms with Crippen molar-refractivity contribution in [2.45, 2.75) is 18.6 Å². The molecule has 2 heterocycles. The Balaban J connectivity index is 1.79. The second-order valence-corrected chi connectivity index (χ2v) is 6.67. The van der Waals surface area contributed by atoms with Crippen molar-refractivity contribution in [3.63, 3.8) is 0 Å². The molecule has 0 saturated carbocycles. The third-order valence-corrected chi connectivity index (χ3v) is 4.68. The summed E-state index contributed by atoms with van der Waals surface area (Å²) in [7, 11) is 3.99. The number of nitrogens with zero attached hydrogens (tertiary/aromatic N) is 3. The maximum absolute atomic E-state index is 12.7. The molecule has 138 valence electrons. The molecule has 1 amide bonds. The van der Waals surface area contributed by atoms with Crippen LogP contribution in [0.15, 0.2) is 42.6 Å². The molecule has 0 spiro atoms. The number of amides is 1. The lowest BCUT2D eigenvalue weighted by Crippen LogP contribution is -2.34. The van der Waals surface area contributed by atoms with Crippen LogP contribution in [0, 0.1) is 0 Å². The number of pyridine rings is 1. The number of benzene rings is 1. The summed E-state index contributed by atoms with van der Waals surface area (Å²) in [6, 6.07) is 9.53. The van der Waals surface area contributed by atoms with Crippen molar-refractivity contribution in [2.75, 3.05) is 27.2 Å². The molecule has 0 aliphatic carbocycles. The minimum absolute atomic E-state index is 0.0666. The first-order chi connectivity index (χ1) is 12.3. The molecule has 1 fully saturated rings. The van der Waals surface area contributed by atoms with E-state index < -0.39 is 11.7 Å². The van der Waals surface area contributed by atoms with Crippen LogP contribution < -0.4 is 0 Å². The fourth-order valence-corrected chi connectivity index (χ4v) is 3.07. The zero-order valence-corrected chi connectivity index (χ0v) is 14.6. The zero-order chi connectivity index (χ0) is 18.9. The largest absolute Gasteiger partial charge is 0.417 e. The molecule has 0 radical (unpaired) electrons. The van der Waals surface area contributed by atoms with Gasteiger partial charge in [0.25, 0.3) is 5.91 Å². The van der Waals surface area contributed by atoms with Crippen LogP contribution in [0.4, 0.5) is 13.2 Å². The lowest BCUT2D eigenvalue weighted by Gasteiger charge is -2.20. The average molecular weight is 363 g/mol. The number of carbonyl (C=O) groups excluding carboxylic acids is 1. The summed E-state index contributed by atoms with van der Waals surface area (Å²) in [4.78, 5) is 20.5. The van der Waals surface area contributed by atoms with Crippen molar-refractivity contribution < 1.29 is 18.0 Å². The molecule has 0 N–H and O–H groups in total. The Bertz CT molecular complexity index is 787. The highest BCUT2D eigenvalue weighted by Gasteiger charge is 2.31. The van der Waals surface area contributed by atoms with Gasteiger partial charge in [-0.3, -0.25) is 9.78 Å². The third kappa shape index (κ3) is 3.88. The van der Waals surface area contributed by atoms with Crippen LogP contribution >= 0.6 is 0 Å². The number of carbonyl (C=O) groups is 1. The van der Waals surface area contributed by atoms with Gasteiger partial charge in [0.05, 0.1) is 11.3 Å². The molecule has 3 rings (SSSR count). The van der Waals surface area contributed by atoms with Crippen LogP contribution in [0.2, 0.25) is 0 Å². The number of aromatic nitrogens is 1. The SMILES string of the molecule is CN(C)[C@H]1CCN(C(=O)c2cccc(-c3ccc(C(F)(F)F)cn3)c2)C1. The highest BCUT2D eigenvalue weighted by atomic mass is 19.4. The zero-order valence-electron chi connectivity index (χ0n) is 14.6. The lowest BCUT2D eigenvalue weighted by molar-refractivity contribution is -0.137. The van der Waals surface area contributed by atoms with Gasteiger partial charge >= 0.3 is 6.18 Å². The molecule has 1 aliphatic rings. The minimum atomic E-state index is -4.41. The fraction of sp³-hybridized carbons (Fsp3) is 0.368. The van der Waals surface area contributed by atoms with Crippen LogP contribution in [0.1, 0.15) is 22.3 Å². The standard InChI is InChI=1S/C19H20F3N3O/c1-24(2)16-8-9-25(12-16)18(26)14-5-3-4-13(10-14)17-7-6-15(11-23-17)19(20,21)22/h3-7,10-11,16H,8-9,12H2,1-2H3/t16-/m0/s1. The number of rotatable bonds is 3. The molecule has 7 heteroatoms. The molecular weight excluding hydrogens is 343 g/mol. The van der Waals surface area contributed by atoms with E-state index in [1.807, 2.05) is 19.0 Å². The summed E-state index contributed by atoms with van der Waals surface area (Å²) in [6.45, 7) is 1.37. The van der Waals surface area contributed by atoms with Gasteiger partial charge < -0.3 is 9.80 Å². The van der Waals surface area contributed by atoms with Crippen molar-refractivity contribution >= 4 is 5.91 Å².